The van der Waals surface area contributed by atoms with Gasteiger partial charge < -0.3 is 10.2 Å². The molecule has 0 aliphatic carbocycles. The van der Waals surface area contributed by atoms with Crippen molar-refractivity contribution in [3.8, 4) is 0 Å². The fraction of sp³-hybridized carbons (Fsp3) is 0.462. The van der Waals surface area contributed by atoms with Gasteiger partial charge in [-0.2, -0.15) is 5.10 Å². The number of rotatable bonds is 2. The van der Waals surface area contributed by atoms with Gasteiger partial charge >= 0.3 is 0 Å². The summed E-state index contributed by atoms with van der Waals surface area (Å²) in [6.07, 6.45) is 5.61. The number of aromatic nitrogens is 3. The Kier molecular flexibility index (Phi) is 2.94. The van der Waals surface area contributed by atoms with E-state index in [-0.39, 0.29) is 5.91 Å². The molecule has 1 fully saturated rings. The van der Waals surface area contributed by atoms with Gasteiger partial charge in [-0.1, -0.05) is 0 Å². The lowest BCUT2D eigenvalue weighted by Gasteiger charge is -2.12. The van der Waals surface area contributed by atoms with Crippen LogP contribution in [0, 0.1) is 0 Å². The summed E-state index contributed by atoms with van der Waals surface area (Å²) in [5.74, 6) is -0.0703. The molecule has 1 atom stereocenters. The molecule has 0 spiro atoms. The van der Waals surface area contributed by atoms with Crippen LogP contribution in [0.1, 0.15) is 34.9 Å². The Morgan fingerprint density at radius 2 is 2.37 bits per heavy atom. The third kappa shape index (κ3) is 1.98. The van der Waals surface area contributed by atoms with Gasteiger partial charge in [-0.25, -0.2) is 9.50 Å². The average molecular weight is 259 g/mol. The summed E-state index contributed by atoms with van der Waals surface area (Å²) >= 11 is 0. The SMILES string of the molecule is CN(C)C(=O)c1cnn2c([C@H]3CCCN3)ccnc12. The number of hydrogen-bond acceptors (Lipinski definition) is 4. The van der Waals surface area contributed by atoms with Crippen LogP contribution in [0.3, 0.4) is 0 Å². The molecule has 0 unspecified atom stereocenters. The van der Waals surface area contributed by atoms with E-state index in [1.54, 1.807) is 35.9 Å². The van der Waals surface area contributed by atoms with Crippen molar-refractivity contribution in [3.05, 3.63) is 29.7 Å². The highest BCUT2D eigenvalue weighted by molar-refractivity contribution is 5.99. The standard InChI is InChI=1S/C13H17N5O/c1-17(2)13(19)9-8-16-18-11(5-7-15-12(9)18)10-4-3-6-14-10/h5,7-8,10,14H,3-4,6H2,1-2H3/t10-/m1/s1. The highest BCUT2D eigenvalue weighted by atomic mass is 16.2. The number of nitrogens with zero attached hydrogens (tertiary/aromatic N) is 4. The smallest absolute Gasteiger partial charge is 0.258 e. The molecule has 2 aromatic rings. The van der Waals surface area contributed by atoms with E-state index >= 15 is 0 Å². The van der Waals surface area contributed by atoms with Crippen molar-refractivity contribution in [1.29, 1.82) is 0 Å². The monoisotopic (exact) mass is 259 g/mol. The Bertz CT molecular complexity index is 613. The fourth-order valence-corrected chi connectivity index (χ4v) is 2.50. The largest absolute Gasteiger partial charge is 0.345 e. The molecular weight excluding hydrogens is 242 g/mol. The van der Waals surface area contributed by atoms with Crippen molar-refractivity contribution in [2.75, 3.05) is 20.6 Å². The third-order valence-electron chi connectivity index (χ3n) is 3.48. The first-order valence-electron chi connectivity index (χ1n) is 6.46. The van der Waals surface area contributed by atoms with Crippen LogP contribution in [0.2, 0.25) is 0 Å². The molecule has 1 amide bonds. The molecular formula is C13H17N5O. The maximum Gasteiger partial charge on any atom is 0.258 e. The highest BCUT2D eigenvalue weighted by Gasteiger charge is 2.22. The second kappa shape index (κ2) is 4.62. The Morgan fingerprint density at radius 1 is 1.53 bits per heavy atom. The molecule has 100 valence electrons. The van der Waals surface area contributed by atoms with Crippen molar-refractivity contribution >= 4 is 11.6 Å². The maximum absolute atomic E-state index is 12.1. The van der Waals surface area contributed by atoms with E-state index in [1.807, 2.05) is 6.07 Å². The molecule has 0 bridgehead atoms. The molecule has 1 aliphatic rings. The Labute approximate surface area is 111 Å². The Hall–Kier alpha value is -1.95. The van der Waals surface area contributed by atoms with E-state index < -0.39 is 0 Å². The average Bonchev–Trinajstić information content (AvgIpc) is 3.06. The normalized spacial score (nSPS) is 18.9. The number of hydrogen-bond donors (Lipinski definition) is 1. The van der Waals surface area contributed by atoms with E-state index in [0.717, 1.165) is 18.7 Å². The summed E-state index contributed by atoms with van der Waals surface area (Å²) in [5, 5.41) is 7.78. The van der Waals surface area contributed by atoms with Gasteiger partial charge in [-0.15, -0.1) is 0 Å². The lowest BCUT2D eigenvalue weighted by molar-refractivity contribution is 0.0829. The van der Waals surface area contributed by atoms with Crippen LogP contribution >= 0.6 is 0 Å². The van der Waals surface area contributed by atoms with Crippen LogP contribution in [0.4, 0.5) is 0 Å². The van der Waals surface area contributed by atoms with Crippen molar-refractivity contribution in [3.63, 3.8) is 0 Å². The molecule has 0 aromatic carbocycles. The summed E-state index contributed by atoms with van der Waals surface area (Å²) in [4.78, 5) is 17.9. The van der Waals surface area contributed by atoms with Crippen molar-refractivity contribution in [2.45, 2.75) is 18.9 Å². The molecule has 6 heteroatoms. The second-order valence-electron chi connectivity index (χ2n) is 5.01. The minimum atomic E-state index is -0.0703. The molecule has 2 aromatic heterocycles. The minimum Gasteiger partial charge on any atom is -0.345 e. The summed E-state index contributed by atoms with van der Waals surface area (Å²) in [6, 6.07) is 2.26. The minimum absolute atomic E-state index is 0.0703. The van der Waals surface area contributed by atoms with Crippen LogP contribution in [-0.2, 0) is 0 Å². The zero-order chi connectivity index (χ0) is 13.4. The molecule has 0 radical (unpaired) electrons. The van der Waals surface area contributed by atoms with Crippen molar-refractivity contribution in [2.24, 2.45) is 0 Å². The summed E-state index contributed by atoms with van der Waals surface area (Å²) < 4.78 is 1.78. The topological polar surface area (TPSA) is 62.5 Å². The number of carbonyl (C=O) groups is 1. The molecule has 0 saturated carbocycles. The van der Waals surface area contributed by atoms with Crippen LogP contribution in [0.25, 0.3) is 5.65 Å². The van der Waals surface area contributed by atoms with Crippen molar-refractivity contribution in [1.82, 2.24) is 24.8 Å². The first kappa shape index (κ1) is 12.1. The van der Waals surface area contributed by atoms with Crippen LogP contribution in [0.15, 0.2) is 18.5 Å². The number of carbonyl (C=O) groups excluding carboxylic acids is 1. The predicted octanol–water partition coefficient (Wildman–Crippen LogP) is 0.856. The molecule has 6 nitrogen and oxygen atoms in total. The van der Waals surface area contributed by atoms with Crippen LogP contribution in [0.5, 0.6) is 0 Å². The molecule has 1 saturated heterocycles. The van der Waals surface area contributed by atoms with Crippen LogP contribution < -0.4 is 5.32 Å². The van der Waals surface area contributed by atoms with Gasteiger partial charge in [0.05, 0.1) is 11.9 Å². The lowest BCUT2D eigenvalue weighted by atomic mass is 10.1. The van der Waals surface area contributed by atoms with Gasteiger partial charge in [0.2, 0.25) is 0 Å². The number of amides is 1. The van der Waals surface area contributed by atoms with E-state index in [9.17, 15) is 4.79 Å². The van der Waals surface area contributed by atoms with Gasteiger partial charge in [0.1, 0.15) is 5.56 Å². The van der Waals surface area contributed by atoms with E-state index in [4.69, 9.17) is 0 Å². The first-order chi connectivity index (χ1) is 9.18. The lowest BCUT2D eigenvalue weighted by Crippen LogP contribution is -2.22. The summed E-state index contributed by atoms with van der Waals surface area (Å²) in [7, 11) is 3.46. The quantitative estimate of drug-likeness (QED) is 0.868. The van der Waals surface area contributed by atoms with E-state index in [0.29, 0.717) is 17.3 Å². The van der Waals surface area contributed by atoms with Crippen LogP contribution in [-0.4, -0.2) is 46.0 Å². The molecule has 3 heterocycles. The van der Waals surface area contributed by atoms with Gasteiger partial charge in [0.15, 0.2) is 5.65 Å². The first-order valence-corrected chi connectivity index (χ1v) is 6.46. The molecule has 1 aliphatic heterocycles. The van der Waals surface area contributed by atoms with Gasteiger partial charge in [0, 0.05) is 26.3 Å². The zero-order valence-corrected chi connectivity index (χ0v) is 11.1. The third-order valence-corrected chi connectivity index (χ3v) is 3.48. The second-order valence-corrected chi connectivity index (χ2v) is 5.01. The van der Waals surface area contributed by atoms with E-state index in [2.05, 4.69) is 15.4 Å². The summed E-state index contributed by atoms with van der Waals surface area (Å²) in [6.45, 7) is 1.03. The number of nitrogens with one attached hydrogen (secondary N) is 1. The Balaban J connectivity index is 2.10. The predicted molar refractivity (Wildman–Crippen MR) is 71.0 cm³/mol. The zero-order valence-electron chi connectivity index (χ0n) is 11.1. The maximum atomic E-state index is 12.1. The molecule has 1 N–H and O–H groups in total. The van der Waals surface area contributed by atoms with Gasteiger partial charge in [-0.05, 0) is 25.5 Å². The van der Waals surface area contributed by atoms with Gasteiger partial charge in [-0.3, -0.25) is 4.79 Å². The fourth-order valence-electron chi connectivity index (χ4n) is 2.50. The van der Waals surface area contributed by atoms with Crippen molar-refractivity contribution < 1.29 is 4.79 Å². The van der Waals surface area contributed by atoms with E-state index in [1.165, 1.54) is 6.42 Å². The molecule has 3 rings (SSSR count). The Morgan fingerprint density at radius 3 is 3.05 bits per heavy atom. The highest BCUT2D eigenvalue weighted by Crippen LogP contribution is 2.23. The number of fused-ring (bicyclic) bond motifs is 1. The molecule has 19 heavy (non-hydrogen) atoms. The summed E-state index contributed by atoms with van der Waals surface area (Å²) in [5.41, 5.74) is 2.25. The van der Waals surface area contributed by atoms with Gasteiger partial charge in [0.25, 0.3) is 5.91 Å².